The van der Waals surface area contributed by atoms with Crippen LogP contribution < -0.4 is 4.52 Å². The van der Waals surface area contributed by atoms with E-state index in [0.717, 1.165) is 65.6 Å². The maximum absolute atomic E-state index is 6.37. The van der Waals surface area contributed by atoms with Gasteiger partial charge in [0.1, 0.15) is 18.7 Å². The maximum atomic E-state index is 6.37. The Bertz CT molecular complexity index is 908. The van der Waals surface area contributed by atoms with Gasteiger partial charge in [-0.1, -0.05) is 42.5 Å². The van der Waals surface area contributed by atoms with Crippen molar-refractivity contribution < 1.29 is 4.52 Å². The molecule has 2 unspecified atom stereocenters. The summed E-state index contributed by atoms with van der Waals surface area (Å²) in [6, 6.07) is 3.80. The van der Waals surface area contributed by atoms with Crippen LogP contribution in [-0.2, 0) is 11.8 Å². The van der Waals surface area contributed by atoms with Gasteiger partial charge in [-0.05, 0) is 50.6 Å². The molecule has 0 aromatic carbocycles. The van der Waals surface area contributed by atoms with Crippen molar-refractivity contribution in [2.45, 2.75) is 44.8 Å². The number of rotatable bonds is 6. The molecule has 2 heterocycles. The molecule has 2 aromatic heterocycles. The summed E-state index contributed by atoms with van der Waals surface area (Å²) in [5, 5.41) is 1.13. The molecule has 0 aliphatic heterocycles. The third kappa shape index (κ3) is 4.25. The Hall–Kier alpha value is -1.09. The zero-order valence-corrected chi connectivity index (χ0v) is 19.4. The molecule has 0 saturated heterocycles. The molecular formula is C21H26BCl2N2OP. The number of allylic oxidation sites excluding steroid dienone is 1. The lowest BCUT2D eigenvalue weighted by Gasteiger charge is -2.38. The number of aromatic nitrogens is 2. The van der Waals surface area contributed by atoms with Crippen molar-refractivity contribution in [3.8, 4) is 5.75 Å². The van der Waals surface area contributed by atoms with E-state index in [-0.39, 0.29) is 5.41 Å². The Balaban J connectivity index is 2.02. The summed E-state index contributed by atoms with van der Waals surface area (Å²) in [4.78, 5) is 9.26. The standard InChI is InChI=1S/C21H26BCl2N2OP/c1-13-10-18(24)26-16-6-7-21(3,14(2)19(13)16)20-17(11-15(23)12-25-20)27-28(4)9-5-8-22/h10-12H,2,5-9,22H2,1,3-4H3. The molecule has 0 spiro atoms. The number of fused-ring (bicyclic) bond motifs is 1. The second kappa shape index (κ2) is 8.73. The minimum atomic E-state index is -0.570. The Morgan fingerprint density at radius 2 is 2.11 bits per heavy atom. The van der Waals surface area contributed by atoms with Crippen molar-refractivity contribution in [3.05, 3.63) is 57.6 Å². The van der Waals surface area contributed by atoms with Crippen molar-refractivity contribution in [2.24, 2.45) is 0 Å². The Kier molecular flexibility index (Phi) is 6.74. The monoisotopic (exact) mass is 434 g/mol. The molecule has 0 saturated carbocycles. The molecule has 1 aliphatic carbocycles. The van der Waals surface area contributed by atoms with Crippen LogP contribution in [0.15, 0.2) is 24.9 Å². The lowest BCUT2D eigenvalue weighted by molar-refractivity contribution is 0.491. The quantitative estimate of drug-likeness (QED) is 0.324. The minimum Gasteiger partial charge on any atom is -0.472 e. The Labute approximate surface area is 180 Å². The van der Waals surface area contributed by atoms with Crippen LogP contribution in [0.25, 0.3) is 5.57 Å². The van der Waals surface area contributed by atoms with Gasteiger partial charge in [0.2, 0.25) is 0 Å². The lowest BCUT2D eigenvalue weighted by atomic mass is 9.67. The van der Waals surface area contributed by atoms with Gasteiger partial charge in [-0.3, -0.25) is 4.98 Å². The fourth-order valence-corrected chi connectivity index (χ4v) is 5.59. The van der Waals surface area contributed by atoms with Gasteiger partial charge in [0.25, 0.3) is 0 Å². The third-order valence-corrected chi connectivity index (χ3v) is 7.37. The zero-order chi connectivity index (χ0) is 20.5. The molecular weight excluding hydrogens is 409 g/mol. The summed E-state index contributed by atoms with van der Waals surface area (Å²) in [5.41, 5.74) is 4.81. The number of halogens is 2. The average molecular weight is 435 g/mol. The van der Waals surface area contributed by atoms with E-state index in [1.807, 2.05) is 12.1 Å². The fraction of sp³-hybridized carbons (Fsp3) is 0.429. The summed E-state index contributed by atoms with van der Waals surface area (Å²) < 4.78 is 6.37. The second-order valence-corrected chi connectivity index (χ2v) is 10.4. The second-order valence-electron chi connectivity index (χ2n) is 7.69. The van der Waals surface area contributed by atoms with Crippen LogP contribution in [0.5, 0.6) is 5.75 Å². The normalized spacial score (nSPS) is 20.0. The topological polar surface area (TPSA) is 35.0 Å². The Morgan fingerprint density at radius 1 is 1.36 bits per heavy atom. The number of nitrogens with zero attached hydrogens (tertiary/aromatic N) is 2. The zero-order valence-electron chi connectivity index (χ0n) is 17.0. The van der Waals surface area contributed by atoms with E-state index in [9.17, 15) is 0 Å². The highest BCUT2D eigenvalue weighted by Gasteiger charge is 2.40. The summed E-state index contributed by atoms with van der Waals surface area (Å²) in [7, 11) is 1.63. The predicted molar refractivity (Wildman–Crippen MR) is 124 cm³/mol. The van der Waals surface area contributed by atoms with E-state index in [2.05, 4.69) is 39.9 Å². The SMILES string of the molecule is BCCCP(C)Oc1cc(Cl)cnc1C1(C)CCc2nc(Cl)cc(C)c2C1=C. The van der Waals surface area contributed by atoms with E-state index in [1.54, 1.807) is 6.20 Å². The van der Waals surface area contributed by atoms with Crippen LogP contribution in [0.3, 0.4) is 0 Å². The molecule has 7 heteroatoms. The van der Waals surface area contributed by atoms with E-state index in [0.29, 0.717) is 10.2 Å². The lowest BCUT2D eigenvalue weighted by Crippen LogP contribution is -2.31. The number of hydrogen-bond acceptors (Lipinski definition) is 3. The molecule has 2 atom stereocenters. The number of aryl methyl sites for hydroxylation is 2. The summed E-state index contributed by atoms with van der Waals surface area (Å²) in [6.07, 6.45) is 6.78. The summed E-state index contributed by atoms with van der Waals surface area (Å²) in [6.45, 7) is 10.9. The van der Waals surface area contributed by atoms with Crippen LogP contribution >= 0.6 is 31.4 Å². The van der Waals surface area contributed by atoms with Crippen LogP contribution in [-0.4, -0.2) is 30.6 Å². The molecule has 0 amide bonds. The fourth-order valence-electron chi connectivity index (χ4n) is 3.84. The molecule has 0 fully saturated rings. The van der Waals surface area contributed by atoms with Gasteiger partial charge in [0, 0.05) is 35.1 Å². The van der Waals surface area contributed by atoms with Gasteiger partial charge < -0.3 is 4.52 Å². The van der Waals surface area contributed by atoms with Gasteiger partial charge in [-0.25, -0.2) is 4.98 Å². The average Bonchev–Trinajstić information content (AvgIpc) is 2.63. The first-order valence-corrected chi connectivity index (χ1v) is 12.3. The van der Waals surface area contributed by atoms with Crippen LogP contribution in [0.2, 0.25) is 16.5 Å². The van der Waals surface area contributed by atoms with Gasteiger partial charge in [-0.15, -0.1) is 0 Å². The van der Waals surface area contributed by atoms with E-state index in [1.165, 1.54) is 0 Å². The number of hydrogen-bond donors (Lipinski definition) is 0. The predicted octanol–water partition coefficient (Wildman–Crippen LogP) is 5.86. The van der Waals surface area contributed by atoms with Gasteiger partial charge >= 0.3 is 0 Å². The highest BCUT2D eigenvalue weighted by Crippen LogP contribution is 2.50. The van der Waals surface area contributed by atoms with E-state index in [4.69, 9.17) is 32.7 Å². The van der Waals surface area contributed by atoms with Crippen LogP contribution in [0.4, 0.5) is 0 Å². The van der Waals surface area contributed by atoms with Gasteiger partial charge in [0.15, 0.2) is 0 Å². The molecule has 3 rings (SSSR count). The van der Waals surface area contributed by atoms with Crippen molar-refractivity contribution >= 4 is 44.8 Å². The first-order valence-electron chi connectivity index (χ1n) is 9.67. The summed E-state index contributed by atoms with van der Waals surface area (Å²) >= 11 is 12.4. The minimum absolute atomic E-state index is 0.339. The Morgan fingerprint density at radius 3 is 2.82 bits per heavy atom. The largest absolute Gasteiger partial charge is 0.472 e. The highest BCUT2D eigenvalue weighted by molar-refractivity contribution is 7.52. The maximum Gasteiger partial charge on any atom is 0.147 e. The van der Waals surface area contributed by atoms with Crippen molar-refractivity contribution in [1.82, 2.24) is 9.97 Å². The summed E-state index contributed by atoms with van der Waals surface area (Å²) in [5.74, 6) is 0.781. The van der Waals surface area contributed by atoms with Crippen molar-refractivity contribution in [1.29, 1.82) is 0 Å². The molecule has 28 heavy (non-hydrogen) atoms. The van der Waals surface area contributed by atoms with Crippen LogP contribution in [0, 0.1) is 6.92 Å². The smallest absolute Gasteiger partial charge is 0.147 e. The molecule has 148 valence electrons. The molecule has 1 aliphatic rings. The first-order chi connectivity index (χ1) is 13.3. The molecule has 0 bridgehead atoms. The number of pyridine rings is 2. The third-order valence-electron chi connectivity index (χ3n) is 5.51. The van der Waals surface area contributed by atoms with Crippen molar-refractivity contribution in [2.75, 3.05) is 12.8 Å². The van der Waals surface area contributed by atoms with Gasteiger partial charge in [-0.2, -0.15) is 0 Å². The van der Waals surface area contributed by atoms with Crippen LogP contribution in [0.1, 0.15) is 42.3 Å². The van der Waals surface area contributed by atoms with Gasteiger partial charge in [0.05, 0.1) is 18.9 Å². The highest BCUT2D eigenvalue weighted by atomic mass is 35.5. The van der Waals surface area contributed by atoms with Crippen molar-refractivity contribution in [3.63, 3.8) is 0 Å². The van der Waals surface area contributed by atoms with E-state index >= 15 is 0 Å². The first kappa shape index (κ1) is 21.6. The molecule has 3 nitrogen and oxygen atoms in total. The van der Waals surface area contributed by atoms with E-state index < -0.39 is 8.15 Å². The molecule has 2 aromatic rings. The molecule has 0 N–H and O–H groups in total. The molecule has 0 radical (unpaired) electrons.